The molecule has 2 aromatic carbocycles. The van der Waals surface area contributed by atoms with Gasteiger partial charge in [0.15, 0.2) is 11.5 Å². The Kier molecular flexibility index (Phi) is 7.49. The fourth-order valence-corrected chi connectivity index (χ4v) is 3.43. The SMILES string of the molecule is CCOc1c(OC)cc(C(=O)NN=C2CCCCC2=Cc2ccccc2)cc1OC. The number of hydrazone groups is 1. The van der Waals surface area contributed by atoms with Gasteiger partial charge >= 0.3 is 0 Å². The van der Waals surface area contributed by atoms with Crippen LogP contribution in [0.3, 0.4) is 0 Å². The molecule has 1 aliphatic carbocycles. The van der Waals surface area contributed by atoms with Crippen LogP contribution in [0.15, 0.2) is 53.1 Å². The summed E-state index contributed by atoms with van der Waals surface area (Å²) in [6.45, 7) is 2.34. The number of ether oxygens (including phenoxy) is 3. The molecule has 6 heteroatoms. The fraction of sp³-hybridized carbons (Fsp3) is 0.333. The first-order valence-electron chi connectivity index (χ1n) is 10.2. The van der Waals surface area contributed by atoms with Crippen LogP contribution in [0.1, 0.15) is 48.5 Å². The van der Waals surface area contributed by atoms with E-state index in [2.05, 4.69) is 28.7 Å². The van der Waals surface area contributed by atoms with E-state index in [1.807, 2.05) is 25.1 Å². The predicted molar refractivity (Wildman–Crippen MR) is 119 cm³/mol. The number of amides is 1. The third-order valence-electron chi connectivity index (χ3n) is 4.92. The number of methoxy groups -OCH3 is 2. The van der Waals surface area contributed by atoms with Crippen LogP contribution in [0.2, 0.25) is 0 Å². The number of carbonyl (C=O) groups excluding carboxylic acids is 1. The van der Waals surface area contributed by atoms with Crippen molar-refractivity contribution in [1.29, 1.82) is 0 Å². The molecule has 0 atom stereocenters. The Labute approximate surface area is 177 Å². The van der Waals surface area contributed by atoms with Gasteiger partial charge in [-0.05, 0) is 62.0 Å². The highest BCUT2D eigenvalue weighted by molar-refractivity contribution is 6.05. The molecule has 1 fully saturated rings. The average Bonchev–Trinajstić information content (AvgIpc) is 2.79. The van der Waals surface area contributed by atoms with Crippen LogP contribution in [0.5, 0.6) is 17.2 Å². The highest BCUT2D eigenvalue weighted by atomic mass is 16.5. The number of hydrogen-bond acceptors (Lipinski definition) is 5. The second-order valence-electron chi connectivity index (χ2n) is 6.93. The first-order valence-corrected chi connectivity index (χ1v) is 10.2. The van der Waals surface area contributed by atoms with E-state index >= 15 is 0 Å². The zero-order valence-electron chi connectivity index (χ0n) is 17.7. The minimum absolute atomic E-state index is 0.327. The minimum Gasteiger partial charge on any atom is -0.493 e. The molecule has 0 radical (unpaired) electrons. The fourth-order valence-electron chi connectivity index (χ4n) is 3.43. The van der Waals surface area contributed by atoms with Crippen LogP contribution in [0, 0.1) is 0 Å². The summed E-state index contributed by atoms with van der Waals surface area (Å²) in [6, 6.07) is 13.4. The van der Waals surface area contributed by atoms with E-state index in [-0.39, 0.29) is 5.91 Å². The lowest BCUT2D eigenvalue weighted by atomic mass is 9.91. The second kappa shape index (κ2) is 10.5. The molecule has 1 N–H and O–H groups in total. The van der Waals surface area contributed by atoms with Crippen molar-refractivity contribution >= 4 is 17.7 Å². The number of nitrogens with zero attached hydrogens (tertiary/aromatic N) is 1. The molecule has 0 heterocycles. The summed E-state index contributed by atoms with van der Waals surface area (Å²) in [5.41, 5.74) is 6.30. The van der Waals surface area contributed by atoms with E-state index in [9.17, 15) is 4.79 Å². The van der Waals surface area contributed by atoms with Gasteiger partial charge in [-0.2, -0.15) is 5.10 Å². The maximum absolute atomic E-state index is 12.8. The smallest absolute Gasteiger partial charge is 0.271 e. The van der Waals surface area contributed by atoms with E-state index in [1.165, 1.54) is 14.2 Å². The summed E-state index contributed by atoms with van der Waals surface area (Å²) in [5.74, 6) is 1.03. The van der Waals surface area contributed by atoms with Crippen molar-refractivity contribution in [1.82, 2.24) is 5.43 Å². The van der Waals surface area contributed by atoms with Crippen molar-refractivity contribution in [2.24, 2.45) is 5.10 Å². The van der Waals surface area contributed by atoms with E-state index in [4.69, 9.17) is 14.2 Å². The minimum atomic E-state index is -0.327. The zero-order valence-corrected chi connectivity index (χ0v) is 17.7. The Balaban J connectivity index is 1.82. The quantitative estimate of drug-likeness (QED) is 0.665. The maximum Gasteiger partial charge on any atom is 0.271 e. The Bertz CT molecular complexity index is 910. The van der Waals surface area contributed by atoms with Gasteiger partial charge < -0.3 is 14.2 Å². The van der Waals surface area contributed by atoms with Crippen LogP contribution in [-0.4, -0.2) is 32.4 Å². The first-order chi connectivity index (χ1) is 14.7. The lowest BCUT2D eigenvalue weighted by Crippen LogP contribution is -2.22. The molecule has 0 aromatic heterocycles. The highest BCUT2D eigenvalue weighted by Gasteiger charge is 2.18. The normalized spacial score (nSPS) is 16.4. The number of rotatable bonds is 7. The van der Waals surface area contributed by atoms with Crippen LogP contribution < -0.4 is 19.6 Å². The largest absolute Gasteiger partial charge is 0.493 e. The molecule has 1 aliphatic rings. The molecule has 0 aliphatic heterocycles. The van der Waals surface area contributed by atoms with Gasteiger partial charge in [0.2, 0.25) is 5.75 Å². The molecule has 1 saturated carbocycles. The number of hydrogen-bond donors (Lipinski definition) is 1. The average molecular weight is 408 g/mol. The van der Waals surface area contributed by atoms with Gasteiger partial charge in [-0.3, -0.25) is 4.79 Å². The van der Waals surface area contributed by atoms with E-state index in [1.54, 1.807) is 12.1 Å². The topological polar surface area (TPSA) is 69.2 Å². The summed E-state index contributed by atoms with van der Waals surface area (Å²) >= 11 is 0. The van der Waals surface area contributed by atoms with Crippen molar-refractivity contribution in [3.8, 4) is 17.2 Å². The monoisotopic (exact) mass is 408 g/mol. The van der Waals surface area contributed by atoms with Crippen molar-refractivity contribution < 1.29 is 19.0 Å². The molecule has 0 bridgehead atoms. The third-order valence-corrected chi connectivity index (χ3v) is 4.92. The second-order valence-corrected chi connectivity index (χ2v) is 6.93. The first kappa shape index (κ1) is 21.4. The summed E-state index contributed by atoms with van der Waals surface area (Å²) in [7, 11) is 3.06. The maximum atomic E-state index is 12.8. The molecule has 3 rings (SSSR count). The Morgan fingerprint density at radius 3 is 2.37 bits per heavy atom. The molecule has 0 saturated heterocycles. The van der Waals surface area contributed by atoms with Crippen molar-refractivity contribution in [3.05, 3.63) is 59.2 Å². The van der Waals surface area contributed by atoms with E-state index in [0.717, 1.165) is 42.5 Å². The summed E-state index contributed by atoms with van der Waals surface area (Å²) in [4.78, 5) is 12.8. The van der Waals surface area contributed by atoms with Crippen LogP contribution in [0.4, 0.5) is 0 Å². The molecule has 158 valence electrons. The van der Waals surface area contributed by atoms with Gasteiger partial charge in [0.25, 0.3) is 5.91 Å². The number of benzene rings is 2. The van der Waals surface area contributed by atoms with Gasteiger partial charge in [-0.15, -0.1) is 0 Å². The summed E-state index contributed by atoms with van der Waals surface area (Å²) in [5, 5.41) is 4.44. The molecule has 30 heavy (non-hydrogen) atoms. The number of nitrogens with one attached hydrogen (secondary N) is 1. The standard InChI is InChI=1S/C24H28N2O4/c1-4-30-23-21(28-2)15-19(16-22(23)29-3)24(27)26-25-20-13-9-8-12-18(20)14-17-10-6-5-7-11-17/h5-7,10-11,14-16H,4,8-9,12-13H2,1-3H3,(H,26,27). The van der Waals surface area contributed by atoms with Gasteiger partial charge in [-0.1, -0.05) is 30.3 Å². The van der Waals surface area contributed by atoms with E-state index < -0.39 is 0 Å². The third kappa shape index (κ3) is 5.20. The van der Waals surface area contributed by atoms with Crippen LogP contribution in [-0.2, 0) is 0 Å². The molecule has 2 aromatic rings. The van der Waals surface area contributed by atoms with Gasteiger partial charge in [0.05, 0.1) is 26.5 Å². The zero-order chi connectivity index (χ0) is 21.3. The van der Waals surface area contributed by atoms with E-state index in [0.29, 0.717) is 29.4 Å². The molecule has 6 nitrogen and oxygen atoms in total. The number of allylic oxidation sites excluding steroid dienone is 1. The predicted octanol–water partition coefficient (Wildman–Crippen LogP) is 4.85. The van der Waals surface area contributed by atoms with Crippen LogP contribution >= 0.6 is 0 Å². The van der Waals surface area contributed by atoms with Gasteiger partial charge in [0.1, 0.15) is 0 Å². The Morgan fingerprint density at radius 2 is 1.73 bits per heavy atom. The lowest BCUT2D eigenvalue weighted by Gasteiger charge is -2.17. The molecule has 0 spiro atoms. The Morgan fingerprint density at radius 1 is 1.07 bits per heavy atom. The molecular formula is C24H28N2O4. The van der Waals surface area contributed by atoms with Crippen molar-refractivity contribution in [2.75, 3.05) is 20.8 Å². The highest BCUT2D eigenvalue weighted by Crippen LogP contribution is 2.38. The summed E-state index contributed by atoms with van der Waals surface area (Å²) < 4.78 is 16.4. The molecule has 0 unspecified atom stereocenters. The van der Waals surface area contributed by atoms with Gasteiger partial charge in [-0.25, -0.2) is 5.43 Å². The Hall–Kier alpha value is -3.28. The molecular weight excluding hydrogens is 380 g/mol. The number of carbonyl (C=O) groups is 1. The van der Waals surface area contributed by atoms with Crippen molar-refractivity contribution in [3.63, 3.8) is 0 Å². The molecule has 1 amide bonds. The summed E-state index contributed by atoms with van der Waals surface area (Å²) in [6.07, 6.45) is 6.13. The van der Waals surface area contributed by atoms with Gasteiger partial charge in [0, 0.05) is 5.56 Å². The van der Waals surface area contributed by atoms with Crippen molar-refractivity contribution in [2.45, 2.75) is 32.6 Å². The van der Waals surface area contributed by atoms with Crippen LogP contribution in [0.25, 0.3) is 6.08 Å². The lowest BCUT2D eigenvalue weighted by molar-refractivity contribution is 0.0954.